The molecule has 3 aromatic rings. The van der Waals surface area contributed by atoms with Gasteiger partial charge in [-0.1, -0.05) is 65.4 Å². The molecule has 0 aliphatic heterocycles. The number of carbonyl (C=O) groups excluding carboxylic acids is 1. The molecule has 0 spiro atoms. The number of benzene rings is 1. The predicted molar refractivity (Wildman–Crippen MR) is 116 cm³/mol. The van der Waals surface area contributed by atoms with Crippen LogP contribution in [0.25, 0.3) is 6.08 Å². The summed E-state index contributed by atoms with van der Waals surface area (Å²) >= 11 is 15.3. The molecule has 0 saturated heterocycles. The first-order valence-electron chi connectivity index (χ1n) is 8.39. The lowest BCUT2D eigenvalue weighted by Gasteiger charge is -2.03. The van der Waals surface area contributed by atoms with Crippen molar-refractivity contribution < 1.29 is 4.79 Å². The molecule has 0 bridgehead atoms. The molecule has 28 heavy (non-hydrogen) atoms. The summed E-state index contributed by atoms with van der Waals surface area (Å²) < 4.78 is 2.51. The molecule has 10 heteroatoms. The smallest absolute Gasteiger partial charge is 0.250 e. The van der Waals surface area contributed by atoms with Crippen molar-refractivity contribution in [3.8, 4) is 0 Å². The Morgan fingerprint density at radius 3 is 2.75 bits per heavy atom. The SMILES string of the molecule is CCSc1nnc(NC(=O)C=Cc2c(C)nn(Cc3ccc(Cl)cc3)c2Cl)s1. The topological polar surface area (TPSA) is 72.7 Å². The van der Waals surface area contributed by atoms with Crippen LogP contribution in [0.5, 0.6) is 0 Å². The van der Waals surface area contributed by atoms with Gasteiger partial charge >= 0.3 is 0 Å². The van der Waals surface area contributed by atoms with E-state index >= 15 is 0 Å². The third-order valence-electron chi connectivity index (χ3n) is 3.66. The van der Waals surface area contributed by atoms with Crippen LogP contribution >= 0.6 is 46.3 Å². The minimum absolute atomic E-state index is 0.301. The van der Waals surface area contributed by atoms with Gasteiger partial charge in [-0.05, 0) is 36.4 Å². The highest BCUT2D eigenvalue weighted by Gasteiger charge is 2.12. The van der Waals surface area contributed by atoms with E-state index in [1.807, 2.05) is 38.1 Å². The minimum Gasteiger partial charge on any atom is -0.297 e. The van der Waals surface area contributed by atoms with Crippen LogP contribution in [-0.2, 0) is 11.3 Å². The van der Waals surface area contributed by atoms with E-state index in [1.165, 1.54) is 17.4 Å². The zero-order chi connectivity index (χ0) is 20.1. The van der Waals surface area contributed by atoms with E-state index in [9.17, 15) is 4.79 Å². The number of carbonyl (C=O) groups is 1. The third kappa shape index (κ3) is 5.35. The fourth-order valence-electron chi connectivity index (χ4n) is 2.37. The van der Waals surface area contributed by atoms with E-state index in [-0.39, 0.29) is 5.91 Å². The zero-order valence-electron chi connectivity index (χ0n) is 15.1. The van der Waals surface area contributed by atoms with E-state index in [2.05, 4.69) is 20.6 Å². The maximum Gasteiger partial charge on any atom is 0.250 e. The van der Waals surface area contributed by atoms with Crippen LogP contribution in [0.4, 0.5) is 5.13 Å². The molecule has 2 heterocycles. The summed E-state index contributed by atoms with van der Waals surface area (Å²) in [6.07, 6.45) is 3.07. The van der Waals surface area contributed by atoms with E-state index < -0.39 is 0 Å². The van der Waals surface area contributed by atoms with Crippen molar-refractivity contribution in [1.82, 2.24) is 20.0 Å². The van der Waals surface area contributed by atoms with Crippen molar-refractivity contribution in [1.29, 1.82) is 0 Å². The Bertz CT molecular complexity index is 998. The van der Waals surface area contributed by atoms with Gasteiger partial charge in [0.25, 0.3) is 0 Å². The number of hydrogen-bond donors (Lipinski definition) is 1. The summed E-state index contributed by atoms with van der Waals surface area (Å²) in [7, 11) is 0. The molecule has 0 aliphatic carbocycles. The Kier molecular flexibility index (Phi) is 7.12. The Hall–Kier alpha value is -1.87. The minimum atomic E-state index is -0.301. The Morgan fingerprint density at radius 2 is 2.04 bits per heavy atom. The number of halogens is 2. The van der Waals surface area contributed by atoms with E-state index in [1.54, 1.807) is 22.5 Å². The van der Waals surface area contributed by atoms with Crippen LogP contribution in [0.15, 0.2) is 34.7 Å². The molecule has 1 aromatic carbocycles. The van der Waals surface area contributed by atoms with Gasteiger partial charge in [0.2, 0.25) is 11.0 Å². The van der Waals surface area contributed by atoms with Gasteiger partial charge in [-0.25, -0.2) is 4.68 Å². The van der Waals surface area contributed by atoms with Gasteiger partial charge < -0.3 is 0 Å². The zero-order valence-corrected chi connectivity index (χ0v) is 18.3. The third-order valence-corrected chi connectivity index (χ3v) is 6.17. The number of nitrogens with one attached hydrogen (secondary N) is 1. The van der Waals surface area contributed by atoms with Crippen LogP contribution in [0, 0.1) is 6.92 Å². The van der Waals surface area contributed by atoms with Crippen LogP contribution in [0.2, 0.25) is 10.2 Å². The van der Waals surface area contributed by atoms with E-state index in [0.29, 0.717) is 27.4 Å². The van der Waals surface area contributed by atoms with Crippen molar-refractivity contribution in [2.75, 3.05) is 11.1 Å². The number of anilines is 1. The first kappa shape index (κ1) is 20.9. The predicted octanol–water partition coefficient (Wildman–Crippen LogP) is 5.16. The van der Waals surface area contributed by atoms with Crippen LogP contribution in [-0.4, -0.2) is 31.6 Å². The fourth-order valence-corrected chi connectivity index (χ4v) is 4.45. The molecular formula is C18H17Cl2N5OS2. The average molecular weight is 454 g/mol. The average Bonchev–Trinajstić information content (AvgIpc) is 3.20. The molecule has 0 atom stereocenters. The molecular weight excluding hydrogens is 437 g/mol. The first-order chi connectivity index (χ1) is 13.5. The van der Waals surface area contributed by atoms with Crippen molar-refractivity contribution in [2.24, 2.45) is 0 Å². The summed E-state index contributed by atoms with van der Waals surface area (Å²) in [6, 6.07) is 7.49. The highest BCUT2D eigenvalue weighted by molar-refractivity contribution is 8.01. The Morgan fingerprint density at radius 1 is 1.29 bits per heavy atom. The van der Waals surface area contributed by atoms with Crippen LogP contribution in [0.1, 0.15) is 23.7 Å². The van der Waals surface area contributed by atoms with E-state index in [4.69, 9.17) is 23.2 Å². The quantitative estimate of drug-likeness (QED) is 0.303. The molecule has 0 radical (unpaired) electrons. The fraction of sp³-hybridized carbons (Fsp3) is 0.222. The van der Waals surface area contributed by atoms with Gasteiger partial charge in [-0.3, -0.25) is 10.1 Å². The molecule has 0 fully saturated rings. The van der Waals surface area contributed by atoms with Crippen LogP contribution < -0.4 is 5.32 Å². The maximum atomic E-state index is 12.2. The van der Waals surface area contributed by atoms with Crippen molar-refractivity contribution in [3.05, 3.63) is 57.3 Å². The Labute approximate surface area is 181 Å². The Balaban J connectivity index is 1.68. The number of aromatic nitrogens is 4. The molecule has 146 valence electrons. The molecule has 2 aromatic heterocycles. The number of rotatable bonds is 7. The molecule has 0 unspecified atom stereocenters. The maximum absolute atomic E-state index is 12.2. The van der Waals surface area contributed by atoms with Gasteiger partial charge in [0.05, 0.1) is 12.2 Å². The lowest BCUT2D eigenvalue weighted by molar-refractivity contribution is -0.111. The van der Waals surface area contributed by atoms with Gasteiger partial charge in [0, 0.05) is 16.7 Å². The van der Waals surface area contributed by atoms with Gasteiger partial charge in [0.1, 0.15) is 5.15 Å². The second-order valence-electron chi connectivity index (χ2n) is 5.70. The van der Waals surface area contributed by atoms with Crippen molar-refractivity contribution in [2.45, 2.75) is 24.7 Å². The summed E-state index contributed by atoms with van der Waals surface area (Å²) in [5, 5.41) is 16.7. The van der Waals surface area contributed by atoms with Gasteiger partial charge in [0.15, 0.2) is 4.34 Å². The number of amides is 1. The first-order valence-corrected chi connectivity index (χ1v) is 10.9. The highest BCUT2D eigenvalue weighted by atomic mass is 35.5. The van der Waals surface area contributed by atoms with Gasteiger partial charge in [-0.15, -0.1) is 10.2 Å². The van der Waals surface area contributed by atoms with Gasteiger partial charge in [-0.2, -0.15) is 5.10 Å². The second kappa shape index (κ2) is 9.56. The largest absolute Gasteiger partial charge is 0.297 e. The van der Waals surface area contributed by atoms with Crippen molar-refractivity contribution >= 4 is 63.4 Å². The normalized spacial score (nSPS) is 11.3. The summed E-state index contributed by atoms with van der Waals surface area (Å²) in [4.78, 5) is 12.2. The number of aryl methyl sites for hydroxylation is 1. The molecule has 0 saturated carbocycles. The molecule has 6 nitrogen and oxygen atoms in total. The van der Waals surface area contributed by atoms with Crippen molar-refractivity contribution in [3.63, 3.8) is 0 Å². The number of thioether (sulfide) groups is 1. The molecule has 3 rings (SSSR count). The number of nitrogens with zero attached hydrogens (tertiary/aromatic N) is 4. The molecule has 1 N–H and O–H groups in total. The summed E-state index contributed by atoms with van der Waals surface area (Å²) in [5.74, 6) is 0.602. The molecule has 1 amide bonds. The lowest BCUT2D eigenvalue weighted by Crippen LogP contribution is -2.07. The van der Waals surface area contributed by atoms with E-state index in [0.717, 1.165) is 21.3 Å². The summed E-state index contributed by atoms with van der Waals surface area (Å²) in [5.41, 5.74) is 2.46. The standard InChI is InChI=1S/C18H17Cl2N5OS2/c1-3-27-18-23-22-17(28-18)21-15(26)9-8-14-11(2)24-25(16(14)20)10-12-4-6-13(19)7-5-12/h4-9H,3,10H2,1-2H3,(H,21,22,26). The monoisotopic (exact) mass is 453 g/mol. The number of hydrogen-bond acceptors (Lipinski definition) is 6. The highest BCUT2D eigenvalue weighted by Crippen LogP contribution is 2.25. The second-order valence-corrected chi connectivity index (χ2v) is 8.99. The summed E-state index contributed by atoms with van der Waals surface area (Å²) in [6.45, 7) is 4.40. The molecule has 0 aliphatic rings. The van der Waals surface area contributed by atoms with Crippen LogP contribution in [0.3, 0.4) is 0 Å². The lowest BCUT2D eigenvalue weighted by atomic mass is 10.2.